The number of hydrogen-bond acceptors (Lipinski definition) is 5. The maximum absolute atomic E-state index is 11.4. The van der Waals surface area contributed by atoms with Crippen LogP contribution in [0.4, 0.5) is 0 Å². The van der Waals surface area contributed by atoms with E-state index in [4.69, 9.17) is 5.26 Å². The van der Waals surface area contributed by atoms with Gasteiger partial charge in [-0.1, -0.05) is 6.58 Å². The highest BCUT2D eigenvalue weighted by molar-refractivity contribution is 7.92. The molecule has 0 rings (SSSR count). The minimum Gasteiger partial charge on any atom is -0.351 e. The summed E-state index contributed by atoms with van der Waals surface area (Å²) in [5.41, 5.74) is 0. The SMILES string of the molecule is C=CC(=O)NCC(C(=O)NCC#N)S(C)(=O)=O. The van der Waals surface area contributed by atoms with Gasteiger partial charge in [-0.25, -0.2) is 8.42 Å². The molecule has 1 unspecified atom stereocenters. The quantitative estimate of drug-likeness (QED) is 0.437. The van der Waals surface area contributed by atoms with Crippen molar-refractivity contribution in [1.82, 2.24) is 10.6 Å². The van der Waals surface area contributed by atoms with Gasteiger partial charge >= 0.3 is 0 Å². The highest BCUT2D eigenvalue weighted by atomic mass is 32.2. The molecule has 0 aliphatic rings. The lowest BCUT2D eigenvalue weighted by molar-refractivity contribution is -0.120. The summed E-state index contributed by atoms with van der Waals surface area (Å²) in [5.74, 6) is -1.40. The predicted molar refractivity (Wildman–Crippen MR) is 60.5 cm³/mol. The molecule has 8 heteroatoms. The molecule has 2 amide bonds. The molecule has 0 saturated heterocycles. The van der Waals surface area contributed by atoms with Crippen LogP contribution < -0.4 is 10.6 Å². The minimum atomic E-state index is -3.67. The van der Waals surface area contributed by atoms with Crippen molar-refractivity contribution in [3.63, 3.8) is 0 Å². The Bertz CT molecular complexity index is 449. The van der Waals surface area contributed by atoms with E-state index in [1.165, 1.54) is 0 Å². The van der Waals surface area contributed by atoms with Gasteiger partial charge in [-0.15, -0.1) is 0 Å². The fourth-order valence-electron chi connectivity index (χ4n) is 0.944. The van der Waals surface area contributed by atoms with Crippen molar-refractivity contribution in [2.75, 3.05) is 19.3 Å². The zero-order valence-corrected chi connectivity index (χ0v) is 10.1. The van der Waals surface area contributed by atoms with Crippen molar-refractivity contribution in [3.05, 3.63) is 12.7 Å². The highest BCUT2D eigenvalue weighted by Gasteiger charge is 2.28. The van der Waals surface area contributed by atoms with Gasteiger partial charge in [-0.2, -0.15) is 5.26 Å². The topological polar surface area (TPSA) is 116 Å². The van der Waals surface area contributed by atoms with E-state index < -0.39 is 26.9 Å². The molecule has 7 nitrogen and oxygen atoms in total. The van der Waals surface area contributed by atoms with E-state index in [9.17, 15) is 18.0 Å². The molecule has 17 heavy (non-hydrogen) atoms. The number of nitrogens with one attached hydrogen (secondary N) is 2. The van der Waals surface area contributed by atoms with Crippen LogP contribution in [-0.2, 0) is 19.4 Å². The monoisotopic (exact) mass is 259 g/mol. The van der Waals surface area contributed by atoms with Crippen LogP contribution >= 0.6 is 0 Å². The lowest BCUT2D eigenvalue weighted by Crippen LogP contribution is -2.46. The minimum absolute atomic E-state index is 0.291. The Morgan fingerprint density at radius 3 is 2.47 bits per heavy atom. The first-order chi connectivity index (χ1) is 7.82. The van der Waals surface area contributed by atoms with Crippen LogP contribution in [0.1, 0.15) is 0 Å². The molecule has 1 atom stereocenters. The molecule has 0 radical (unpaired) electrons. The number of carbonyl (C=O) groups is 2. The standard InChI is InChI=1S/C9H13N3O4S/c1-3-8(13)12-6-7(17(2,15)16)9(14)11-5-4-10/h3,7H,1,5-6H2,2H3,(H,11,14)(H,12,13). The molecule has 0 aromatic carbocycles. The first kappa shape index (κ1) is 15.1. The zero-order chi connectivity index (χ0) is 13.5. The molecule has 0 heterocycles. The van der Waals surface area contributed by atoms with Crippen LogP contribution in [0.2, 0.25) is 0 Å². The van der Waals surface area contributed by atoms with E-state index >= 15 is 0 Å². The first-order valence-corrected chi connectivity index (χ1v) is 6.52. The van der Waals surface area contributed by atoms with E-state index in [-0.39, 0.29) is 13.1 Å². The summed E-state index contributed by atoms with van der Waals surface area (Å²) in [6.45, 7) is 2.54. The Kier molecular flexibility index (Phi) is 5.91. The Labute approximate surface area is 99.4 Å². The van der Waals surface area contributed by atoms with Crippen LogP contribution in [-0.4, -0.2) is 44.8 Å². The van der Waals surface area contributed by atoms with Gasteiger partial charge in [-0.05, 0) is 6.08 Å². The van der Waals surface area contributed by atoms with Crippen molar-refractivity contribution < 1.29 is 18.0 Å². The van der Waals surface area contributed by atoms with Crippen molar-refractivity contribution in [2.45, 2.75) is 5.25 Å². The molecule has 94 valence electrons. The largest absolute Gasteiger partial charge is 0.351 e. The molecule has 2 N–H and O–H groups in total. The van der Waals surface area contributed by atoms with E-state index in [1.54, 1.807) is 6.07 Å². The van der Waals surface area contributed by atoms with Crippen molar-refractivity contribution >= 4 is 21.7 Å². The summed E-state index contributed by atoms with van der Waals surface area (Å²) in [7, 11) is -3.67. The summed E-state index contributed by atoms with van der Waals surface area (Å²) in [4.78, 5) is 22.3. The first-order valence-electron chi connectivity index (χ1n) is 4.56. The third kappa shape index (κ3) is 5.67. The summed E-state index contributed by atoms with van der Waals surface area (Å²) < 4.78 is 22.6. The Balaban J connectivity index is 4.68. The normalized spacial score (nSPS) is 12.0. The van der Waals surface area contributed by atoms with Gasteiger partial charge in [0.25, 0.3) is 0 Å². The Morgan fingerprint density at radius 2 is 2.06 bits per heavy atom. The third-order valence-corrected chi connectivity index (χ3v) is 3.21. The van der Waals surface area contributed by atoms with Crippen LogP contribution in [0.15, 0.2) is 12.7 Å². The molecule has 0 aromatic rings. The molecule has 0 aromatic heterocycles. The Morgan fingerprint density at radius 1 is 1.47 bits per heavy atom. The summed E-state index contributed by atoms with van der Waals surface area (Å²) in [6.07, 6.45) is 1.84. The molecule has 0 spiro atoms. The van der Waals surface area contributed by atoms with E-state index in [2.05, 4.69) is 17.2 Å². The number of rotatable bonds is 6. The van der Waals surface area contributed by atoms with Gasteiger partial charge < -0.3 is 10.6 Å². The number of sulfone groups is 1. The number of nitriles is 1. The van der Waals surface area contributed by atoms with Gasteiger partial charge in [0.2, 0.25) is 11.8 Å². The van der Waals surface area contributed by atoms with E-state index in [1.807, 2.05) is 0 Å². The number of amides is 2. The zero-order valence-electron chi connectivity index (χ0n) is 9.26. The smallest absolute Gasteiger partial charge is 0.243 e. The number of nitrogens with zero attached hydrogens (tertiary/aromatic N) is 1. The van der Waals surface area contributed by atoms with Crippen LogP contribution in [0.3, 0.4) is 0 Å². The van der Waals surface area contributed by atoms with Crippen molar-refractivity contribution in [1.29, 1.82) is 5.26 Å². The molecular weight excluding hydrogens is 246 g/mol. The average Bonchev–Trinajstić information content (AvgIpc) is 2.24. The molecule has 0 aliphatic heterocycles. The van der Waals surface area contributed by atoms with Crippen molar-refractivity contribution in [2.24, 2.45) is 0 Å². The number of hydrogen-bond donors (Lipinski definition) is 2. The van der Waals surface area contributed by atoms with Crippen LogP contribution in [0.5, 0.6) is 0 Å². The average molecular weight is 259 g/mol. The fraction of sp³-hybridized carbons (Fsp3) is 0.444. The summed E-state index contributed by atoms with van der Waals surface area (Å²) >= 11 is 0. The van der Waals surface area contributed by atoms with Crippen molar-refractivity contribution in [3.8, 4) is 6.07 Å². The predicted octanol–water partition coefficient (Wildman–Crippen LogP) is -1.66. The maximum atomic E-state index is 11.4. The molecular formula is C9H13N3O4S. The highest BCUT2D eigenvalue weighted by Crippen LogP contribution is 1.98. The van der Waals surface area contributed by atoms with E-state index in [0.29, 0.717) is 0 Å². The molecule has 0 bridgehead atoms. The van der Waals surface area contributed by atoms with Gasteiger partial charge in [0.15, 0.2) is 15.1 Å². The second-order valence-corrected chi connectivity index (χ2v) is 5.37. The lowest BCUT2D eigenvalue weighted by atomic mass is 10.3. The molecule has 0 aliphatic carbocycles. The second kappa shape index (κ2) is 6.65. The molecule has 0 fully saturated rings. The third-order valence-electron chi connectivity index (χ3n) is 1.80. The van der Waals surface area contributed by atoms with Gasteiger partial charge in [0.05, 0.1) is 6.07 Å². The second-order valence-electron chi connectivity index (χ2n) is 3.14. The Hall–Kier alpha value is -1.88. The summed E-state index contributed by atoms with van der Waals surface area (Å²) in [6, 6.07) is 1.65. The summed E-state index contributed by atoms with van der Waals surface area (Å²) in [5, 5.41) is 11.2. The molecule has 0 saturated carbocycles. The van der Waals surface area contributed by atoms with Gasteiger partial charge in [0.1, 0.15) is 6.54 Å². The maximum Gasteiger partial charge on any atom is 0.243 e. The van der Waals surface area contributed by atoms with E-state index in [0.717, 1.165) is 12.3 Å². The van der Waals surface area contributed by atoms with Gasteiger partial charge in [-0.3, -0.25) is 9.59 Å². The van der Waals surface area contributed by atoms with Crippen LogP contribution in [0.25, 0.3) is 0 Å². The number of carbonyl (C=O) groups excluding carboxylic acids is 2. The lowest BCUT2D eigenvalue weighted by Gasteiger charge is -2.14. The van der Waals surface area contributed by atoms with Crippen LogP contribution in [0, 0.1) is 11.3 Å². The fourth-order valence-corrected chi connectivity index (χ4v) is 1.80. The van der Waals surface area contributed by atoms with Gasteiger partial charge in [0, 0.05) is 12.8 Å².